The highest BCUT2D eigenvalue weighted by Crippen LogP contribution is 2.11. The normalized spacial score (nSPS) is 11.1. The molecule has 1 aromatic heterocycles. The molecule has 0 bridgehead atoms. The Morgan fingerprint density at radius 3 is 2.46 bits per heavy atom. The van der Waals surface area contributed by atoms with Crippen molar-refractivity contribution in [2.45, 2.75) is 6.92 Å². The molecule has 0 atom stereocenters. The summed E-state index contributed by atoms with van der Waals surface area (Å²) in [5.41, 5.74) is -1.82. The summed E-state index contributed by atoms with van der Waals surface area (Å²) in [6.07, 6.45) is 0.949. The van der Waals surface area contributed by atoms with Crippen LogP contribution in [0.2, 0.25) is 0 Å². The third kappa shape index (κ3) is 3.82. The number of ketones is 1. The van der Waals surface area contributed by atoms with E-state index in [4.69, 9.17) is 17.0 Å². The lowest BCUT2D eigenvalue weighted by atomic mass is 10.0. The molecule has 2 aromatic rings. The lowest BCUT2D eigenvalue weighted by molar-refractivity contribution is -0.137. The van der Waals surface area contributed by atoms with Gasteiger partial charge in [-0.15, -0.1) is 0 Å². The Morgan fingerprint density at radius 2 is 1.88 bits per heavy atom. The number of nitrogens with zero attached hydrogens (tertiary/aromatic N) is 1. The molecule has 0 saturated heterocycles. The predicted octanol–water partition coefficient (Wildman–Crippen LogP) is 0.881. The van der Waals surface area contributed by atoms with E-state index in [2.05, 4.69) is 4.98 Å². The Kier molecular flexibility index (Phi) is 5.38. The summed E-state index contributed by atoms with van der Waals surface area (Å²) in [5, 5.41) is 0. The summed E-state index contributed by atoms with van der Waals surface area (Å²) in [4.78, 5) is 51.8. The van der Waals surface area contributed by atoms with Gasteiger partial charge in [-0.1, -0.05) is 30.3 Å². The summed E-state index contributed by atoms with van der Waals surface area (Å²) in [6, 6.07) is 8.02. The minimum absolute atomic E-state index is 0.0472. The van der Waals surface area contributed by atoms with Crippen LogP contribution in [0.3, 0.4) is 0 Å². The average Bonchev–Trinajstić information content (AvgIpc) is 2.54. The first-order chi connectivity index (χ1) is 11.4. The van der Waals surface area contributed by atoms with Gasteiger partial charge in [0, 0.05) is 11.8 Å². The van der Waals surface area contributed by atoms with Gasteiger partial charge in [-0.3, -0.25) is 14.8 Å². The van der Waals surface area contributed by atoms with Crippen LogP contribution in [0.1, 0.15) is 17.3 Å². The molecule has 0 aliphatic rings. The molecule has 8 nitrogen and oxygen atoms in total. The van der Waals surface area contributed by atoms with Crippen molar-refractivity contribution in [1.29, 1.82) is 0 Å². The van der Waals surface area contributed by atoms with Crippen molar-refractivity contribution >= 4 is 30.2 Å². The van der Waals surface area contributed by atoms with Crippen molar-refractivity contribution in [2.24, 2.45) is 0 Å². The molecule has 0 spiro atoms. The van der Waals surface area contributed by atoms with Gasteiger partial charge in [0.05, 0.1) is 6.61 Å². The number of aromatic nitrogens is 3. The van der Waals surface area contributed by atoms with Crippen LogP contribution in [0, 0.1) is 4.77 Å². The highest BCUT2D eigenvalue weighted by atomic mass is 32.1. The predicted molar refractivity (Wildman–Crippen MR) is 88.2 cm³/mol. The fourth-order valence-corrected chi connectivity index (χ4v) is 2.07. The number of benzene rings is 1. The molecule has 2 N–H and O–H groups in total. The van der Waals surface area contributed by atoms with Crippen molar-refractivity contribution in [3.8, 4) is 0 Å². The standard InChI is InChI=1S/C15H13N3O5S/c1-2-23-12(20)10(11(19)9-6-4-3-5-7-9)8-18-14(22)16-13(21)17-15(18)24/h3-8H,2H2,1H3,(H2,16,17,21,22,24)/b10-8+. The molecule has 1 aromatic carbocycles. The molecule has 0 fully saturated rings. The second kappa shape index (κ2) is 7.47. The van der Waals surface area contributed by atoms with E-state index in [1.54, 1.807) is 25.1 Å². The second-order valence-electron chi connectivity index (χ2n) is 4.52. The van der Waals surface area contributed by atoms with Crippen molar-refractivity contribution in [3.63, 3.8) is 0 Å². The lowest BCUT2D eigenvalue weighted by Crippen LogP contribution is -2.31. The third-order valence-corrected chi connectivity index (χ3v) is 3.21. The zero-order valence-electron chi connectivity index (χ0n) is 12.6. The van der Waals surface area contributed by atoms with E-state index in [1.807, 2.05) is 4.98 Å². The van der Waals surface area contributed by atoms with E-state index in [-0.39, 0.29) is 16.9 Å². The molecular formula is C15H13N3O5S. The van der Waals surface area contributed by atoms with E-state index in [0.29, 0.717) is 0 Å². The number of Topliss-reactive ketones (excluding diaryl/α,β-unsaturated/α-hetero) is 1. The maximum absolute atomic E-state index is 12.6. The molecule has 9 heteroatoms. The monoisotopic (exact) mass is 347 g/mol. The first-order valence-corrected chi connectivity index (χ1v) is 7.28. The fraction of sp³-hybridized carbons (Fsp3) is 0.133. The highest BCUT2D eigenvalue weighted by Gasteiger charge is 2.22. The van der Waals surface area contributed by atoms with E-state index in [0.717, 1.165) is 10.8 Å². The van der Waals surface area contributed by atoms with Gasteiger partial charge in [0.25, 0.3) is 0 Å². The van der Waals surface area contributed by atoms with E-state index in [1.165, 1.54) is 12.1 Å². The summed E-state index contributed by atoms with van der Waals surface area (Å²) in [6.45, 7) is 1.63. The van der Waals surface area contributed by atoms with Crippen LogP contribution in [0.5, 0.6) is 0 Å². The van der Waals surface area contributed by atoms with E-state index < -0.39 is 28.7 Å². The van der Waals surface area contributed by atoms with Gasteiger partial charge >= 0.3 is 17.3 Å². The first-order valence-electron chi connectivity index (χ1n) is 6.88. The summed E-state index contributed by atoms with van der Waals surface area (Å²) >= 11 is 4.88. The molecule has 0 saturated carbocycles. The molecule has 24 heavy (non-hydrogen) atoms. The van der Waals surface area contributed by atoms with Gasteiger partial charge in [-0.2, -0.15) is 0 Å². The quantitative estimate of drug-likeness (QED) is 0.207. The maximum atomic E-state index is 12.6. The fourth-order valence-electron chi connectivity index (χ4n) is 1.84. The zero-order valence-corrected chi connectivity index (χ0v) is 13.4. The van der Waals surface area contributed by atoms with Gasteiger partial charge in [0.15, 0.2) is 4.77 Å². The summed E-state index contributed by atoms with van der Waals surface area (Å²) in [5.74, 6) is -1.54. The molecule has 0 aliphatic heterocycles. The van der Waals surface area contributed by atoms with Gasteiger partial charge in [-0.25, -0.2) is 19.0 Å². The first kappa shape index (κ1) is 17.3. The van der Waals surface area contributed by atoms with Crippen LogP contribution >= 0.6 is 12.2 Å². The molecule has 124 valence electrons. The van der Waals surface area contributed by atoms with Crippen molar-refractivity contribution in [2.75, 3.05) is 6.61 Å². The van der Waals surface area contributed by atoms with E-state index >= 15 is 0 Å². The molecule has 1 heterocycles. The van der Waals surface area contributed by atoms with Gasteiger partial charge in [0.2, 0.25) is 5.78 Å². The molecule has 0 radical (unpaired) electrons. The Bertz CT molecular complexity index is 935. The van der Waals surface area contributed by atoms with Gasteiger partial charge < -0.3 is 4.74 Å². The Labute approximate surface area is 140 Å². The largest absolute Gasteiger partial charge is 0.462 e. The molecule has 0 unspecified atom stereocenters. The molecular weight excluding hydrogens is 334 g/mol. The number of hydrogen-bond acceptors (Lipinski definition) is 6. The number of nitrogens with one attached hydrogen (secondary N) is 2. The van der Waals surface area contributed by atoms with E-state index in [9.17, 15) is 19.2 Å². The smallest absolute Gasteiger partial charge is 0.343 e. The topological polar surface area (TPSA) is 114 Å². The maximum Gasteiger partial charge on any atom is 0.343 e. The summed E-state index contributed by atoms with van der Waals surface area (Å²) in [7, 11) is 0. The third-order valence-electron chi connectivity index (χ3n) is 2.91. The number of carbonyl (C=O) groups is 2. The SMILES string of the molecule is CCOC(=O)/C(=C/n1c(=O)[nH]c(=O)[nH]c1=S)C(=O)c1ccccc1. The molecule has 0 amide bonds. The Balaban J connectivity index is 2.62. The van der Waals surface area contributed by atoms with Crippen LogP contribution in [0.15, 0.2) is 45.5 Å². The van der Waals surface area contributed by atoms with Crippen LogP contribution in [-0.2, 0) is 9.53 Å². The number of rotatable bonds is 5. The van der Waals surface area contributed by atoms with Crippen molar-refractivity contribution in [1.82, 2.24) is 14.5 Å². The number of hydrogen-bond donors (Lipinski definition) is 2. The van der Waals surface area contributed by atoms with Gasteiger partial charge in [-0.05, 0) is 19.1 Å². The van der Waals surface area contributed by atoms with Crippen LogP contribution in [0.4, 0.5) is 0 Å². The van der Waals surface area contributed by atoms with Crippen LogP contribution in [0.25, 0.3) is 6.20 Å². The zero-order chi connectivity index (χ0) is 17.7. The molecule has 2 rings (SSSR count). The van der Waals surface area contributed by atoms with Gasteiger partial charge in [0.1, 0.15) is 5.57 Å². The van der Waals surface area contributed by atoms with Crippen molar-refractivity contribution in [3.05, 3.63) is 67.2 Å². The lowest BCUT2D eigenvalue weighted by Gasteiger charge is -2.07. The Hall–Kier alpha value is -3.07. The summed E-state index contributed by atoms with van der Waals surface area (Å²) < 4.78 is 5.39. The number of carbonyl (C=O) groups excluding carboxylic acids is 2. The highest BCUT2D eigenvalue weighted by molar-refractivity contribution is 7.71. The number of H-pyrrole nitrogens is 2. The van der Waals surface area contributed by atoms with Crippen LogP contribution in [-0.4, -0.2) is 32.9 Å². The number of ether oxygens (including phenoxy) is 1. The number of aromatic amines is 2. The second-order valence-corrected chi connectivity index (χ2v) is 4.90. The Morgan fingerprint density at radius 1 is 1.21 bits per heavy atom. The van der Waals surface area contributed by atoms with Crippen LogP contribution < -0.4 is 11.4 Å². The minimum Gasteiger partial charge on any atom is -0.462 e. The minimum atomic E-state index is -0.904. The average molecular weight is 347 g/mol. The number of esters is 1. The van der Waals surface area contributed by atoms with Crippen molar-refractivity contribution < 1.29 is 14.3 Å². The molecule has 0 aliphatic carbocycles.